The molecule has 0 spiro atoms. The second kappa shape index (κ2) is 7.86. The van der Waals surface area contributed by atoms with Gasteiger partial charge in [-0.2, -0.15) is 16.8 Å². The Hall–Kier alpha value is -1.23. The quantitative estimate of drug-likeness (QED) is 0.424. The molecular weight excluding hydrogens is 336 g/mol. The smallest absolute Gasteiger partial charge is 0.334 e. The van der Waals surface area contributed by atoms with Crippen molar-refractivity contribution >= 4 is 26.2 Å². The minimum Gasteiger partial charge on any atom is -0.456 e. The number of rotatable bonds is 9. The number of carbonyl (C=O) groups excluding carboxylic acids is 1. The molecule has 0 aromatic heterocycles. The molecule has 1 aliphatic rings. The molecule has 0 saturated heterocycles. The summed E-state index contributed by atoms with van der Waals surface area (Å²) < 4.78 is 58.0. The molecule has 0 aromatic rings. The van der Waals surface area contributed by atoms with Gasteiger partial charge in [0.2, 0.25) is 0 Å². The lowest BCUT2D eigenvalue weighted by molar-refractivity contribution is -0.146. The first-order valence-electron chi connectivity index (χ1n) is 6.32. The van der Waals surface area contributed by atoms with Gasteiger partial charge in [-0.15, -0.1) is 0 Å². The lowest BCUT2D eigenvalue weighted by Crippen LogP contribution is -2.27. The molecule has 8 nitrogen and oxygen atoms in total. The molecule has 0 aromatic carbocycles. The molecule has 22 heavy (non-hydrogen) atoms. The van der Waals surface area contributed by atoms with Gasteiger partial charge in [0.15, 0.2) is 0 Å². The van der Waals surface area contributed by atoms with Gasteiger partial charge in [0.05, 0.1) is 19.1 Å². The molecule has 1 atom stereocenters. The second-order valence-electron chi connectivity index (χ2n) is 4.65. The van der Waals surface area contributed by atoms with E-state index >= 15 is 0 Å². The van der Waals surface area contributed by atoms with Gasteiger partial charge in [-0.25, -0.2) is 4.79 Å². The molecule has 1 rings (SSSR count). The van der Waals surface area contributed by atoms with Crippen LogP contribution >= 0.6 is 0 Å². The number of hydrogen-bond donors (Lipinski definition) is 0. The van der Waals surface area contributed by atoms with E-state index in [0.29, 0.717) is 12.0 Å². The van der Waals surface area contributed by atoms with Crippen LogP contribution in [-0.4, -0.2) is 54.6 Å². The lowest BCUT2D eigenvalue weighted by Gasteiger charge is -2.17. The van der Waals surface area contributed by atoms with Gasteiger partial charge in [-0.1, -0.05) is 18.2 Å². The minimum atomic E-state index is -3.70. The average Bonchev–Trinajstić information content (AvgIpc) is 2.86. The zero-order chi connectivity index (χ0) is 16.8. The number of hydrogen-bond acceptors (Lipinski definition) is 8. The van der Waals surface area contributed by atoms with Crippen molar-refractivity contribution in [2.24, 2.45) is 0 Å². The van der Waals surface area contributed by atoms with Crippen LogP contribution in [-0.2, 0) is 38.1 Å². The molecule has 0 fully saturated rings. The van der Waals surface area contributed by atoms with Crippen LogP contribution in [0.25, 0.3) is 0 Å². The maximum Gasteiger partial charge on any atom is 0.334 e. The van der Waals surface area contributed by atoms with Gasteiger partial charge in [0.1, 0.15) is 12.7 Å². The Kier molecular flexibility index (Phi) is 6.72. The van der Waals surface area contributed by atoms with E-state index < -0.39 is 38.9 Å². The average molecular weight is 354 g/mol. The van der Waals surface area contributed by atoms with Gasteiger partial charge in [0.25, 0.3) is 20.2 Å². The van der Waals surface area contributed by atoms with E-state index in [4.69, 9.17) is 4.74 Å². The van der Waals surface area contributed by atoms with E-state index in [1.165, 1.54) is 0 Å². The highest BCUT2D eigenvalue weighted by atomic mass is 32.2. The SMILES string of the molecule is CS(=O)(=O)OCCC(COS(C)(=O)=O)OC(=O)C1=CC=CC1. The van der Waals surface area contributed by atoms with Gasteiger partial charge in [-0.05, 0) is 6.42 Å². The highest BCUT2D eigenvalue weighted by Gasteiger charge is 2.21. The molecule has 126 valence electrons. The van der Waals surface area contributed by atoms with Crippen molar-refractivity contribution in [1.29, 1.82) is 0 Å². The van der Waals surface area contributed by atoms with Crippen molar-refractivity contribution in [3.63, 3.8) is 0 Å². The van der Waals surface area contributed by atoms with E-state index in [0.717, 1.165) is 12.5 Å². The Balaban J connectivity index is 2.58. The highest BCUT2D eigenvalue weighted by molar-refractivity contribution is 7.86. The third-order valence-corrected chi connectivity index (χ3v) is 3.67. The predicted octanol–water partition coefficient (Wildman–Crippen LogP) is 0.127. The predicted molar refractivity (Wildman–Crippen MR) is 77.9 cm³/mol. The van der Waals surface area contributed by atoms with Crippen molar-refractivity contribution in [3.05, 3.63) is 23.8 Å². The van der Waals surface area contributed by atoms with Crippen LogP contribution in [0.1, 0.15) is 12.8 Å². The summed E-state index contributed by atoms with van der Waals surface area (Å²) in [6.07, 6.45) is 6.28. The first-order chi connectivity index (χ1) is 10.1. The fraction of sp³-hybridized carbons (Fsp3) is 0.583. The summed E-state index contributed by atoms with van der Waals surface area (Å²) in [6, 6.07) is 0. The Labute approximate surface area is 130 Å². The summed E-state index contributed by atoms with van der Waals surface area (Å²) in [4.78, 5) is 11.8. The summed E-state index contributed by atoms with van der Waals surface area (Å²) >= 11 is 0. The number of allylic oxidation sites excluding steroid dienone is 3. The molecule has 0 radical (unpaired) electrons. The van der Waals surface area contributed by atoms with Gasteiger partial charge in [0, 0.05) is 12.0 Å². The number of esters is 1. The van der Waals surface area contributed by atoms with Crippen molar-refractivity contribution in [3.8, 4) is 0 Å². The minimum absolute atomic E-state index is 0.0188. The molecule has 10 heteroatoms. The van der Waals surface area contributed by atoms with Crippen molar-refractivity contribution in [2.45, 2.75) is 18.9 Å². The summed E-state index contributed by atoms with van der Waals surface area (Å²) in [6.45, 7) is -0.653. The maximum absolute atomic E-state index is 11.8. The summed E-state index contributed by atoms with van der Waals surface area (Å²) in [5.41, 5.74) is 0.424. The van der Waals surface area contributed by atoms with E-state index in [9.17, 15) is 21.6 Å². The van der Waals surface area contributed by atoms with E-state index in [1.807, 2.05) is 0 Å². The normalized spacial score (nSPS) is 16.4. The summed E-state index contributed by atoms with van der Waals surface area (Å²) in [5, 5.41) is 0. The van der Waals surface area contributed by atoms with Crippen LogP contribution < -0.4 is 0 Å². The monoisotopic (exact) mass is 354 g/mol. The Morgan fingerprint density at radius 2 is 1.82 bits per heavy atom. The van der Waals surface area contributed by atoms with Crippen molar-refractivity contribution < 1.29 is 34.7 Å². The topological polar surface area (TPSA) is 113 Å². The molecule has 0 amide bonds. The highest BCUT2D eigenvalue weighted by Crippen LogP contribution is 2.14. The largest absolute Gasteiger partial charge is 0.456 e. The van der Waals surface area contributed by atoms with Crippen molar-refractivity contribution in [2.75, 3.05) is 25.7 Å². The van der Waals surface area contributed by atoms with Gasteiger partial charge in [-0.3, -0.25) is 8.37 Å². The maximum atomic E-state index is 11.8. The van der Waals surface area contributed by atoms with Crippen LogP contribution in [0.4, 0.5) is 0 Å². The third-order valence-electron chi connectivity index (χ3n) is 2.51. The van der Waals surface area contributed by atoms with Crippen LogP contribution in [0.5, 0.6) is 0 Å². The molecule has 1 unspecified atom stereocenters. The fourth-order valence-corrected chi connectivity index (χ4v) is 2.33. The first kappa shape index (κ1) is 18.8. The van der Waals surface area contributed by atoms with Crippen LogP contribution in [0.2, 0.25) is 0 Å². The Morgan fingerprint density at radius 1 is 1.18 bits per heavy atom. The van der Waals surface area contributed by atoms with Gasteiger partial charge >= 0.3 is 5.97 Å². The summed E-state index contributed by atoms with van der Waals surface area (Å²) in [5.74, 6) is -0.605. The fourth-order valence-electron chi connectivity index (χ4n) is 1.53. The van der Waals surface area contributed by atoms with Crippen molar-refractivity contribution in [1.82, 2.24) is 0 Å². The molecule has 1 aliphatic carbocycles. The van der Waals surface area contributed by atoms with Crippen LogP contribution in [0.15, 0.2) is 23.8 Å². The first-order valence-corrected chi connectivity index (χ1v) is 9.95. The second-order valence-corrected chi connectivity index (χ2v) is 7.94. The van der Waals surface area contributed by atoms with Crippen LogP contribution in [0, 0.1) is 0 Å². The van der Waals surface area contributed by atoms with Gasteiger partial charge < -0.3 is 4.74 Å². The Bertz CT molecular complexity index is 657. The molecule has 0 aliphatic heterocycles. The zero-order valence-electron chi connectivity index (χ0n) is 12.2. The molecule has 0 heterocycles. The summed E-state index contributed by atoms with van der Waals surface area (Å²) in [7, 11) is -7.33. The number of ether oxygens (including phenoxy) is 1. The third kappa shape index (κ3) is 8.27. The van der Waals surface area contributed by atoms with E-state index in [2.05, 4.69) is 8.37 Å². The molecule has 0 N–H and O–H groups in total. The Morgan fingerprint density at radius 3 is 2.32 bits per heavy atom. The molecule has 0 bridgehead atoms. The standard InChI is InChI=1S/C12H18O8S2/c1-21(14,15)18-8-7-11(9-19-22(2,16)17)20-12(13)10-5-3-4-6-10/h3-5,11H,6-9H2,1-2H3. The molecule has 0 saturated carbocycles. The number of carbonyl (C=O) groups is 1. The van der Waals surface area contributed by atoms with Crippen LogP contribution in [0.3, 0.4) is 0 Å². The van der Waals surface area contributed by atoms with E-state index in [1.54, 1.807) is 18.2 Å². The molecular formula is C12H18O8S2. The zero-order valence-corrected chi connectivity index (χ0v) is 13.9. The van der Waals surface area contributed by atoms with E-state index in [-0.39, 0.29) is 13.0 Å². The lowest BCUT2D eigenvalue weighted by atomic mass is 10.2.